The molecule has 2 aromatic rings. The Kier molecular flexibility index (Phi) is 5.75. The van der Waals surface area contributed by atoms with Gasteiger partial charge in [0.2, 0.25) is 5.75 Å². The number of carbonyl (C=O) groups is 2. The van der Waals surface area contributed by atoms with Gasteiger partial charge in [-0.1, -0.05) is 19.3 Å². The van der Waals surface area contributed by atoms with Crippen LogP contribution in [0.1, 0.15) is 42.6 Å². The van der Waals surface area contributed by atoms with Gasteiger partial charge in [0, 0.05) is 0 Å². The number of amides is 1. The molecule has 0 aromatic carbocycles. The maximum atomic E-state index is 12.1. The van der Waals surface area contributed by atoms with Crippen LogP contribution >= 0.6 is 11.3 Å². The predicted octanol–water partition coefficient (Wildman–Crippen LogP) is 3.03. The Balaban J connectivity index is 1.73. The largest absolute Gasteiger partial charge is 0.501 e. The first-order valence-electron chi connectivity index (χ1n) is 8.54. The topological polar surface area (TPSA) is 142 Å². The number of anilines is 1. The van der Waals surface area contributed by atoms with Crippen molar-refractivity contribution in [3.63, 3.8) is 0 Å². The Morgan fingerprint density at radius 1 is 1.33 bits per heavy atom. The number of aromatic hydroxyl groups is 1. The Morgan fingerprint density at radius 2 is 2.07 bits per heavy atom. The van der Waals surface area contributed by atoms with Gasteiger partial charge in [-0.3, -0.25) is 10.1 Å². The lowest BCUT2D eigenvalue weighted by Gasteiger charge is -2.21. The van der Waals surface area contributed by atoms with Crippen molar-refractivity contribution in [3.05, 3.63) is 27.5 Å². The number of hydrogen-bond acceptors (Lipinski definition) is 7. The van der Waals surface area contributed by atoms with Gasteiger partial charge < -0.3 is 19.9 Å². The van der Waals surface area contributed by atoms with E-state index in [2.05, 4.69) is 15.3 Å². The third kappa shape index (κ3) is 4.45. The number of aromatic amines is 1. The lowest BCUT2D eigenvalue weighted by molar-refractivity contribution is 0.0686. The number of carbonyl (C=O) groups excluding carboxylic acids is 1. The zero-order valence-electron chi connectivity index (χ0n) is 14.4. The number of nitrogens with zero attached hydrogens (tertiary/aromatic N) is 1. The van der Waals surface area contributed by atoms with E-state index in [9.17, 15) is 19.5 Å². The summed E-state index contributed by atoms with van der Waals surface area (Å²) in [6.45, 7) is 0.350. The second-order valence-corrected chi connectivity index (χ2v) is 7.22. The smallest absolute Gasteiger partial charge is 0.411 e. The molecule has 0 spiro atoms. The molecule has 2 aromatic heterocycles. The molecule has 0 saturated heterocycles. The number of thiophene rings is 1. The van der Waals surface area contributed by atoms with E-state index in [0.717, 1.165) is 37.0 Å². The molecule has 1 fully saturated rings. The van der Waals surface area contributed by atoms with Gasteiger partial charge in [0.25, 0.3) is 5.56 Å². The number of aromatic carboxylic acids is 1. The summed E-state index contributed by atoms with van der Waals surface area (Å²) in [5.74, 6) is -2.19. The van der Waals surface area contributed by atoms with Crippen LogP contribution in [0.25, 0.3) is 10.7 Å². The van der Waals surface area contributed by atoms with E-state index in [-0.39, 0.29) is 5.82 Å². The summed E-state index contributed by atoms with van der Waals surface area (Å²) in [4.78, 5) is 41.4. The highest BCUT2D eigenvalue weighted by Crippen LogP contribution is 2.32. The van der Waals surface area contributed by atoms with Gasteiger partial charge in [0.1, 0.15) is 0 Å². The number of ether oxygens (including phenoxy) is 1. The number of hydrogen-bond donors (Lipinski definition) is 4. The van der Waals surface area contributed by atoms with Gasteiger partial charge in [-0.2, -0.15) is 0 Å². The molecule has 0 aliphatic heterocycles. The third-order valence-corrected chi connectivity index (χ3v) is 5.31. The molecule has 0 atom stereocenters. The molecular weight excluding hydrogens is 374 g/mol. The number of rotatable bonds is 5. The van der Waals surface area contributed by atoms with Gasteiger partial charge in [-0.15, -0.1) is 11.3 Å². The number of nitrogens with one attached hydrogen (secondary N) is 2. The first-order valence-corrected chi connectivity index (χ1v) is 9.42. The second-order valence-electron chi connectivity index (χ2n) is 6.31. The van der Waals surface area contributed by atoms with E-state index in [4.69, 9.17) is 9.84 Å². The van der Waals surface area contributed by atoms with Crippen LogP contribution < -0.4 is 10.9 Å². The zero-order valence-corrected chi connectivity index (χ0v) is 15.2. The molecule has 0 unspecified atom stereocenters. The fourth-order valence-corrected chi connectivity index (χ4v) is 3.80. The molecule has 0 radical (unpaired) electrons. The third-order valence-electron chi connectivity index (χ3n) is 4.39. The average molecular weight is 393 g/mol. The van der Waals surface area contributed by atoms with Crippen molar-refractivity contribution in [2.75, 3.05) is 11.9 Å². The molecule has 2 heterocycles. The summed E-state index contributed by atoms with van der Waals surface area (Å²) in [5, 5.41) is 22.8. The van der Waals surface area contributed by atoms with Crippen molar-refractivity contribution in [2.24, 2.45) is 5.92 Å². The van der Waals surface area contributed by atoms with Gasteiger partial charge in [0.15, 0.2) is 11.5 Å². The molecule has 1 saturated carbocycles. The Labute approximate surface area is 158 Å². The van der Waals surface area contributed by atoms with Gasteiger partial charge in [-0.05, 0) is 30.2 Å². The maximum absolute atomic E-state index is 12.1. The molecule has 27 heavy (non-hydrogen) atoms. The van der Waals surface area contributed by atoms with Gasteiger partial charge in [0.05, 0.1) is 17.2 Å². The van der Waals surface area contributed by atoms with E-state index in [1.807, 2.05) is 0 Å². The monoisotopic (exact) mass is 393 g/mol. The maximum Gasteiger partial charge on any atom is 0.411 e. The Hall–Kier alpha value is -2.88. The molecule has 1 amide bonds. The molecule has 3 rings (SSSR count). The average Bonchev–Trinajstić information content (AvgIpc) is 3.11. The summed E-state index contributed by atoms with van der Waals surface area (Å²) < 4.78 is 5.28. The minimum absolute atomic E-state index is 0.0622. The van der Waals surface area contributed by atoms with Crippen LogP contribution in [0.5, 0.6) is 5.75 Å². The van der Waals surface area contributed by atoms with E-state index in [1.54, 1.807) is 11.4 Å². The lowest BCUT2D eigenvalue weighted by atomic mass is 9.90. The summed E-state index contributed by atoms with van der Waals surface area (Å²) in [5.41, 5.74) is -1.40. The van der Waals surface area contributed by atoms with Crippen molar-refractivity contribution >= 4 is 29.1 Å². The quantitative estimate of drug-likeness (QED) is 0.611. The first-order chi connectivity index (χ1) is 13.0. The molecule has 144 valence electrons. The van der Waals surface area contributed by atoms with Gasteiger partial charge >= 0.3 is 12.1 Å². The highest BCUT2D eigenvalue weighted by atomic mass is 32.1. The summed E-state index contributed by atoms with van der Waals surface area (Å²) in [6, 6.07) is 1.59. The van der Waals surface area contributed by atoms with Crippen molar-refractivity contribution < 1.29 is 24.5 Å². The minimum atomic E-state index is -1.53. The van der Waals surface area contributed by atoms with Crippen molar-refractivity contribution in [1.82, 2.24) is 9.97 Å². The predicted molar refractivity (Wildman–Crippen MR) is 98.3 cm³/mol. The van der Waals surface area contributed by atoms with Gasteiger partial charge in [-0.25, -0.2) is 14.6 Å². The lowest BCUT2D eigenvalue weighted by Crippen LogP contribution is -2.20. The highest BCUT2D eigenvalue weighted by Gasteiger charge is 2.21. The fraction of sp³-hybridized carbons (Fsp3) is 0.412. The standard InChI is InChI=1S/C17H19N3O6S/c21-12-11(16(23)24)19-14(20-15(12)22)13-10(6-7-27-13)18-17(25)26-8-9-4-2-1-3-5-9/h6-7,9,21H,1-5,8H2,(H,18,25)(H,23,24)(H,19,20,22). The molecule has 4 N–H and O–H groups in total. The normalized spacial score (nSPS) is 14.7. The van der Waals surface area contributed by atoms with Crippen LogP contribution in [-0.2, 0) is 4.74 Å². The Morgan fingerprint density at radius 3 is 2.78 bits per heavy atom. The van der Waals surface area contributed by atoms with Crippen LogP contribution in [0.15, 0.2) is 16.2 Å². The SMILES string of the molecule is O=C(Nc1ccsc1-c1nc(C(=O)O)c(O)c(=O)[nH]1)OCC1CCCCC1. The molecular formula is C17H19N3O6S. The van der Waals surface area contributed by atoms with Crippen molar-refractivity contribution in [2.45, 2.75) is 32.1 Å². The molecule has 10 heteroatoms. The first kappa shape index (κ1) is 18.9. The number of carboxylic acids is 1. The number of aromatic nitrogens is 2. The molecule has 9 nitrogen and oxygen atoms in total. The molecule has 1 aliphatic rings. The van der Waals surface area contributed by atoms with E-state index < -0.39 is 29.1 Å². The van der Waals surface area contributed by atoms with Crippen molar-refractivity contribution in [1.29, 1.82) is 0 Å². The Bertz CT molecular complexity index is 900. The summed E-state index contributed by atoms with van der Waals surface area (Å²) >= 11 is 1.15. The molecule has 0 bridgehead atoms. The number of H-pyrrole nitrogens is 1. The highest BCUT2D eigenvalue weighted by molar-refractivity contribution is 7.14. The van der Waals surface area contributed by atoms with E-state index >= 15 is 0 Å². The van der Waals surface area contributed by atoms with Crippen LogP contribution in [-0.4, -0.2) is 38.9 Å². The second kappa shape index (κ2) is 8.21. The molecule has 1 aliphatic carbocycles. The van der Waals surface area contributed by atoms with Crippen LogP contribution in [0.2, 0.25) is 0 Å². The van der Waals surface area contributed by atoms with E-state index in [0.29, 0.717) is 23.1 Å². The van der Waals surface area contributed by atoms with Crippen molar-refractivity contribution in [3.8, 4) is 16.5 Å². The summed E-state index contributed by atoms with van der Waals surface area (Å²) in [6.07, 6.45) is 4.99. The fourth-order valence-electron chi connectivity index (χ4n) is 3.01. The van der Waals surface area contributed by atoms with Crippen LogP contribution in [0.4, 0.5) is 10.5 Å². The minimum Gasteiger partial charge on any atom is -0.501 e. The van der Waals surface area contributed by atoms with Crippen LogP contribution in [0, 0.1) is 5.92 Å². The number of carboxylic acid groups (broad SMARTS) is 1. The summed E-state index contributed by atoms with van der Waals surface area (Å²) in [7, 11) is 0. The van der Waals surface area contributed by atoms with E-state index in [1.165, 1.54) is 6.42 Å². The zero-order chi connectivity index (χ0) is 19.4. The van der Waals surface area contributed by atoms with Crippen LogP contribution in [0.3, 0.4) is 0 Å².